The van der Waals surface area contributed by atoms with Crippen LogP contribution in [0.2, 0.25) is 5.02 Å². The van der Waals surface area contributed by atoms with Crippen molar-refractivity contribution in [2.24, 2.45) is 0 Å². The number of carbonyl (C=O) groups excluding carboxylic acids is 1. The van der Waals surface area contributed by atoms with Gasteiger partial charge in [0.1, 0.15) is 12.4 Å². The Morgan fingerprint density at radius 3 is 2.33 bits per heavy atom. The third-order valence-corrected chi connectivity index (χ3v) is 5.17. The molecule has 0 aliphatic carbocycles. The van der Waals surface area contributed by atoms with Crippen molar-refractivity contribution in [1.29, 1.82) is 0 Å². The van der Waals surface area contributed by atoms with Gasteiger partial charge in [-0.25, -0.2) is 0 Å². The SMILES string of the molecule is O=C(NCCOc1ccccc1)c1ccc(CSc2ccc(Cl)cc2)cc1. The number of benzene rings is 3. The molecule has 3 aromatic rings. The molecule has 3 aromatic carbocycles. The molecule has 0 aromatic heterocycles. The molecule has 3 rings (SSSR count). The quantitative estimate of drug-likeness (QED) is 0.406. The summed E-state index contributed by atoms with van der Waals surface area (Å²) in [6, 6.07) is 25.0. The van der Waals surface area contributed by atoms with E-state index in [2.05, 4.69) is 5.32 Å². The summed E-state index contributed by atoms with van der Waals surface area (Å²) in [5.74, 6) is 1.55. The van der Waals surface area contributed by atoms with Crippen LogP contribution in [0.4, 0.5) is 0 Å². The molecule has 5 heteroatoms. The summed E-state index contributed by atoms with van der Waals surface area (Å²) >= 11 is 7.63. The Morgan fingerprint density at radius 1 is 0.926 bits per heavy atom. The van der Waals surface area contributed by atoms with E-state index in [-0.39, 0.29) is 5.91 Å². The second kappa shape index (κ2) is 10.0. The van der Waals surface area contributed by atoms with E-state index in [0.717, 1.165) is 16.5 Å². The van der Waals surface area contributed by atoms with Crippen LogP contribution in [-0.2, 0) is 5.75 Å². The molecule has 0 saturated heterocycles. The number of rotatable bonds is 8. The largest absolute Gasteiger partial charge is 0.492 e. The van der Waals surface area contributed by atoms with Crippen molar-refractivity contribution >= 4 is 29.3 Å². The van der Waals surface area contributed by atoms with Gasteiger partial charge in [0.05, 0.1) is 6.54 Å². The van der Waals surface area contributed by atoms with E-state index in [4.69, 9.17) is 16.3 Å². The number of nitrogens with one attached hydrogen (secondary N) is 1. The summed E-state index contributed by atoms with van der Waals surface area (Å²) in [6.45, 7) is 0.896. The molecule has 0 fully saturated rings. The summed E-state index contributed by atoms with van der Waals surface area (Å²) in [6.07, 6.45) is 0. The van der Waals surface area contributed by atoms with Gasteiger partial charge in [-0.1, -0.05) is 41.9 Å². The monoisotopic (exact) mass is 397 g/mol. The highest BCUT2D eigenvalue weighted by Gasteiger charge is 2.05. The fourth-order valence-electron chi connectivity index (χ4n) is 2.40. The molecule has 3 nitrogen and oxygen atoms in total. The van der Waals surface area contributed by atoms with Crippen LogP contribution in [0.5, 0.6) is 5.75 Å². The van der Waals surface area contributed by atoms with Crippen LogP contribution >= 0.6 is 23.4 Å². The molecule has 0 saturated carbocycles. The Morgan fingerprint density at radius 2 is 1.63 bits per heavy atom. The topological polar surface area (TPSA) is 38.3 Å². The van der Waals surface area contributed by atoms with Crippen molar-refractivity contribution < 1.29 is 9.53 Å². The molecule has 27 heavy (non-hydrogen) atoms. The molecule has 0 atom stereocenters. The lowest BCUT2D eigenvalue weighted by atomic mass is 10.1. The van der Waals surface area contributed by atoms with E-state index >= 15 is 0 Å². The van der Waals surface area contributed by atoms with E-state index in [1.807, 2.05) is 78.9 Å². The highest BCUT2D eigenvalue weighted by molar-refractivity contribution is 7.98. The van der Waals surface area contributed by atoms with Gasteiger partial charge >= 0.3 is 0 Å². The van der Waals surface area contributed by atoms with Gasteiger partial charge in [-0.15, -0.1) is 11.8 Å². The fourth-order valence-corrected chi connectivity index (χ4v) is 3.38. The van der Waals surface area contributed by atoms with Crippen LogP contribution in [0, 0.1) is 0 Å². The molecule has 0 spiro atoms. The highest BCUT2D eigenvalue weighted by Crippen LogP contribution is 2.24. The van der Waals surface area contributed by atoms with Gasteiger partial charge in [0.25, 0.3) is 5.91 Å². The van der Waals surface area contributed by atoms with E-state index in [0.29, 0.717) is 18.7 Å². The number of para-hydroxylation sites is 1. The standard InChI is InChI=1S/C22H20ClNO2S/c23-19-10-12-21(13-11-19)27-16-17-6-8-18(9-7-17)22(25)24-14-15-26-20-4-2-1-3-5-20/h1-13H,14-16H2,(H,24,25). The lowest BCUT2D eigenvalue weighted by Crippen LogP contribution is -2.28. The molecule has 0 aliphatic rings. The van der Waals surface area contributed by atoms with E-state index in [1.165, 1.54) is 10.5 Å². The Balaban J connectivity index is 1.42. The Kier molecular flexibility index (Phi) is 7.19. The summed E-state index contributed by atoms with van der Waals surface area (Å²) in [4.78, 5) is 13.4. The molecule has 138 valence electrons. The molecular weight excluding hydrogens is 378 g/mol. The summed E-state index contributed by atoms with van der Waals surface area (Å²) < 4.78 is 5.57. The first-order valence-electron chi connectivity index (χ1n) is 8.64. The Bertz CT molecular complexity index is 852. The predicted molar refractivity (Wildman–Crippen MR) is 112 cm³/mol. The zero-order chi connectivity index (χ0) is 18.9. The minimum atomic E-state index is -0.0939. The van der Waals surface area contributed by atoms with Crippen LogP contribution in [0.1, 0.15) is 15.9 Å². The first-order chi connectivity index (χ1) is 13.2. The van der Waals surface area contributed by atoms with Gasteiger partial charge in [0.2, 0.25) is 0 Å². The van der Waals surface area contributed by atoms with Gasteiger partial charge in [-0.05, 0) is 54.1 Å². The molecule has 0 aliphatic heterocycles. The molecular formula is C22H20ClNO2S. The van der Waals surface area contributed by atoms with E-state index < -0.39 is 0 Å². The highest BCUT2D eigenvalue weighted by atomic mass is 35.5. The number of carbonyl (C=O) groups is 1. The fraction of sp³-hybridized carbons (Fsp3) is 0.136. The van der Waals surface area contributed by atoms with Crippen molar-refractivity contribution in [2.75, 3.05) is 13.2 Å². The molecule has 1 N–H and O–H groups in total. The minimum absolute atomic E-state index is 0.0939. The Labute approximate surface area is 168 Å². The molecule has 0 bridgehead atoms. The summed E-state index contributed by atoms with van der Waals surface area (Å²) in [5.41, 5.74) is 1.81. The number of hydrogen-bond donors (Lipinski definition) is 1. The number of halogens is 1. The number of ether oxygens (including phenoxy) is 1. The number of amides is 1. The second-order valence-electron chi connectivity index (χ2n) is 5.86. The zero-order valence-electron chi connectivity index (χ0n) is 14.7. The third-order valence-electron chi connectivity index (χ3n) is 3.83. The normalized spacial score (nSPS) is 10.4. The molecule has 0 unspecified atom stereocenters. The predicted octanol–water partition coefficient (Wildman–Crippen LogP) is 5.44. The van der Waals surface area contributed by atoms with Gasteiger partial charge in [0, 0.05) is 21.2 Å². The van der Waals surface area contributed by atoms with E-state index in [1.54, 1.807) is 11.8 Å². The lowest BCUT2D eigenvalue weighted by molar-refractivity contribution is 0.0947. The smallest absolute Gasteiger partial charge is 0.251 e. The average molecular weight is 398 g/mol. The van der Waals surface area contributed by atoms with Crippen molar-refractivity contribution in [3.05, 3.63) is 95.0 Å². The first-order valence-corrected chi connectivity index (χ1v) is 10.0. The van der Waals surface area contributed by atoms with Crippen molar-refractivity contribution in [2.45, 2.75) is 10.6 Å². The second-order valence-corrected chi connectivity index (χ2v) is 7.34. The first kappa shape index (κ1) is 19.3. The Hall–Kier alpha value is -2.43. The van der Waals surface area contributed by atoms with Crippen molar-refractivity contribution in [3.8, 4) is 5.75 Å². The van der Waals surface area contributed by atoms with Crippen LogP contribution in [-0.4, -0.2) is 19.1 Å². The summed E-state index contributed by atoms with van der Waals surface area (Å²) in [7, 11) is 0. The van der Waals surface area contributed by atoms with Gasteiger partial charge in [-0.3, -0.25) is 4.79 Å². The molecule has 0 radical (unpaired) electrons. The molecule has 1 amide bonds. The van der Waals surface area contributed by atoms with Crippen LogP contribution in [0.15, 0.2) is 83.8 Å². The molecule has 0 heterocycles. The van der Waals surface area contributed by atoms with Crippen LogP contribution in [0.3, 0.4) is 0 Å². The van der Waals surface area contributed by atoms with E-state index in [9.17, 15) is 4.79 Å². The van der Waals surface area contributed by atoms with Crippen molar-refractivity contribution in [1.82, 2.24) is 5.32 Å². The summed E-state index contributed by atoms with van der Waals surface area (Å²) in [5, 5.41) is 3.61. The maximum absolute atomic E-state index is 12.2. The van der Waals surface area contributed by atoms with Crippen LogP contribution < -0.4 is 10.1 Å². The van der Waals surface area contributed by atoms with Gasteiger partial charge in [0.15, 0.2) is 0 Å². The maximum Gasteiger partial charge on any atom is 0.251 e. The number of thioether (sulfide) groups is 1. The minimum Gasteiger partial charge on any atom is -0.492 e. The third kappa shape index (κ3) is 6.35. The lowest BCUT2D eigenvalue weighted by Gasteiger charge is -2.08. The van der Waals surface area contributed by atoms with Crippen molar-refractivity contribution in [3.63, 3.8) is 0 Å². The van der Waals surface area contributed by atoms with Gasteiger partial charge in [-0.2, -0.15) is 0 Å². The van der Waals surface area contributed by atoms with Gasteiger partial charge < -0.3 is 10.1 Å². The maximum atomic E-state index is 12.2. The average Bonchev–Trinajstić information content (AvgIpc) is 2.72. The number of hydrogen-bond acceptors (Lipinski definition) is 3. The zero-order valence-corrected chi connectivity index (χ0v) is 16.3. The van der Waals surface area contributed by atoms with Crippen LogP contribution in [0.25, 0.3) is 0 Å².